The maximum atomic E-state index is 13.9. The molecule has 1 rings (SSSR count). The molecule has 0 spiro atoms. The van der Waals surface area contributed by atoms with Crippen molar-refractivity contribution in [1.29, 1.82) is 0 Å². The smallest absolute Gasteiger partial charge is 0.314 e. The van der Waals surface area contributed by atoms with Crippen LogP contribution >= 0.6 is 0 Å². The molecule has 0 amide bonds. The largest absolute Gasteiger partial charge is 0.512 e. The van der Waals surface area contributed by atoms with Gasteiger partial charge >= 0.3 is 32.0 Å². The van der Waals surface area contributed by atoms with E-state index in [2.05, 4.69) is 5.32 Å². The molecule has 0 radical (unpaired) electrons. The van der Waals surface area contributed by atoms with Gasteiger partial charge in [0.15, 0.2) is 11.0 Å². The van der Waals surface area contributed by atoms with Gasteiger partial charge in [-0.05, 0) is 0 Å². The van der Waals surface area contributed by atoms with Gasteiger partial charge in [0.05, 0.1) is 0 Å². The van der Waals surface area contributed by atoms with Crippen LogP contribution in [-0.4, -0.2) is 73.5 Å². The quantitative estimate of drug-likeness (QED) is 0.487. The Hall–Kier alpha value is -0.700. The first-order valence-corrected chi connectivity index (χ1v) is 10.6. The monoisotopic (exact) mass is 495 g/mol. The van der Waals surface area contributed by atoms with Gasteiger partial charge in [-0.3, -0.25) is 0 Å². The molecular formula is C8H10F9N3O5S3. The van der Waals surface area contributed by atoms with Crippen molar-refractivity contribution in [2.75, 3.05) is 26.2 Å². The van der Waals surface area contributed by atoms with Crippen LogP contribution in [0.25, 0.3) is 0 Å². The van der Waals surface area contributed by atoms with Crippen molar-refractivity contribution in [3.8, 4) is 0 Å². The van der Waals surface area contributed by atoms with Crippen LogP contribution < -0.4 is 9.44 Å². The van der Waals surface area contributed by atoms with Crippen molar-refractivity contribution in [3.05, 3.63) is 0 Å². The Morgan fingerprint density at radius 3 is 1.68 bits per heavy atom. The molecular weight excluding hydrogens is 485 g/mol. The van der Waals surface area contributed by atoms with Gasteiger partial charge in [0.1, 0.15) is 0 Å². The van der Waals surface area contributed by atoms with Crippen molar-refractivity contribution in [1.82, 2.24) is 13.7 Å². The summed E-state index contributed by atoms with van der Waals surface area (Å²) < 4.78 is 174. The lowest BCUT2D eigenvalue weighted by Crippen LogP contribution is -2.65. The highest BCUT2D eigenvalue weighted by Crippen LogP contribution is 2.50. The van der Waals surface area contributed by atoms with E-state index in [0.29, 0.717) is 0 Å². The Morgan fingerprint density at radius 1 is 0.857 bits per heavy atom. The van der Waals surface area contributed by atoms with E-state index in [1.165, 1.54) is 0 Å². The zero-order chi connectivity index (χ0) is 22.4. The number of nitrogens with one attached hydrogen (secondary N) is 2. The highest BCUT2D eigenvalue weighted by molar-refractivity contribution is 8.02. The topological polar surface area (TPSA) is 113 Å². The molecule has 1 saturated heterocycles. The molecule has 0 bridgehead atoms. The van der Waals surface area contributed by atoms with E-state index in [1.54, 1.807) is 0 Å². The van der Waals surface area contributed by atoms with E-state index >= 15 is 0 Å². The fourth-order valence-corrected chi connectivity index (χ4v) is 5.15. The first-order chi connectivity index (χ1) is 12.2. The molecule has 0 aliphatic carbocycles. The summed E-state index contributed by atoms with van der Waals surface area (Å²) >= 11 is 0. The van der Waals surface area contributed by atoms with Gasteiger partial charge in [-0.25, -0.2) is 21.0 Å². The van der Waals surface area contributed by atoms with Gasteiger partial charge in [-0.2, -0.15) is 43.8 Å². The van der Waals surface area contributed by atoms with Crippen molar-refractivity contribution >= 4 is 31.0 Å². The van der Waals surface area contributed by atoms with Gasteiger partial charge in [-0.15, -0.1) is 4.13 Å². The predicted octanol–water partition coefficient (Wildman–Crippen LogP) is 0.145. The zero-order valence-electron chi connectivity index (χ0n) is 12.9. The summed E-state index contributed by atoms with van der Waals surface area (Å²) in [6, 6.07) is 0. The summed E-state index contributed by atoms with van der Waals surface area (Å²) in [5.74, 6) is -7.07. The Morgan fingerprint density at radius 2 is 1.29 bits per heavy atom. The van der Waals surface area contributed by atoms with Gasteiger partial charge in [-0.1, -0.05) is 0 Å². The average molecular weight is 495 g/mol. The number of hydrogen-bond donors (Lipinski definition) is 2. The van der Waals surface area contributed by atoms with Crippen molar-refractivity contribution < 1.29 is 60.6 Å². The minimum absolute atomic E-state index is 0.281. The molecule has 1 unspecified atom stereocenters. The van der Waals surface area contributed by atoms with Gasteiger partial charge in [0.25, 0.3) is 10.0 Å². The van der Waals surface area contributed by atoms with Crippen LogP contribution in [0.1, 0.15) is 0 Å². The number of piperazine rings is 1. The number of alkyl halides is 9. The molecule has 2 N–H and O–H groups in total. The number of hydrogen-bond acceptors (Lipinski definition) is 6. The lowest BCUT2D eigenvalue weighted by atomic mass is 10.3. The highest BCUT2D eigenvalue weighted by Gasteiger charge is 2.81. The molecule has 1 heterocycles. The first-order valence-electron chi connectivity index (χ1n) is 6.58. The third-order valence-electron chi connectivity index (χ3n) is 3.19. The maximum Gasteiger partial charge on any atom is 0.512 e. The van der Waals surface area contributed by atoms with E-state index in [9.17, 15) is 60.6 Å². The summed E-state index contributed by atoms with van der Waals surface area (Å²) in [5, 5.41) is -11.0. The molecule has 0 aromatic rings. The number of nitrogens with zero attached hydrogens (tertiary/aromatic N) is 1. The van der Waals surface area contributed by atoms with Gasteiger partial charge < -0.3 is 5.32 Å². The van der Waals surface area contributed by atoms with Crippen LogP contribution in [0.4, 0.5) is 39.5 Å². The average Bonchev–Trinajstić information content (AvgIpc) is 2.53. The van der Waals surface area contributed by atoms with Crippen LogP contribution in [0.5, 0.6) is 0 Å². The minimum atomic E-state index is -7.07. The molecule has 20 heteroatoms. The van der Waals surface area contributed by atoms with Crippen molar-refractivity contribution in [2.24, 2.45) is 0 Å². The normalized spacial score (nSPS) is 20.2. The lowest BCUT2D eigenvalue weighted by Gasteiger charge is -2.35. The summed E-state index contributed by atoms with van der Waals surface area (Å²) in [7, 11) is -18.7. The molecule has 1 atom stereocenters. The summed E-state index contributed by atoms with van der Waals surface area (Å²) in [5.41, 5.74) is -6.40. The van der Waals surface area contributed by atoms with Gasteiger partial charge in [0, 0.05) is 26.2 Å². The summed E-state index contributed by atoms with van der Waals surface area (Å²) in [4.78, 5) is 0. The van der Waals surface area contributed by atoms with E-state index in [1.807, 2.05) is 0 Å². The molecule has 168 valence electrons. The second-order valence-corrected chi connectivity index (χ2v) is 10.2. The van der Waals surface area contributed by atoms with E-state index < -0.39 is 70.2 Å². The standard InChI is InChI=1S/C8H10F9N3O5S3/c9-5(10,6(11,12)26(21)19-27(22,23)8(15,16)17)7(13,14)28(24,25)20-3-1-18-2-4-20/h18-19H,1-4H2. The highest BCUT2D eigenvalue weighted by atomic mass is 32.3. The zero-order valence-corrected chi connectivity index (χ0v) is 15.4. The van der Waals surface area contributed by atoms with E-state index in [-0.39, 0.29) is 17.4 Å². The van der Waals surface area contributed by atoms with E-state index in [0.717, 1.165) is 0 Å². The summed E-state index contributed by atoms with van der Waals surface area (Å²) in [6.07, 6.45) is 0. The molecule has 1 aliphatic heterocycles. The Balaban J connectivity index is 3.31. The van der Waals surface area contributed by atoms with Crippen molar-refractivity contribution in [2.45, 2.75) is 21.9 Å². The third-order valence-corrected chi connectivity index (χ3v) is 7.96. The Labute approximate surface area is 154 Å². The summed E-state index contributed by atoms with van der Waals surface area (Å²) in [6.45, 7) is -2.28. The minimum Gasteiger partial charge on any atom is -0.314 e. The molecule has 1 fully saturated rings. The number of rotatable bonds is 7. The number of sulfonamides is 2. The second-order valence-electron chi connectivity index (χ2n) is 5.06. The van der Waals surface area contributed by atoms with Gasteiger partial charge in [0.2, 0.25) is 0 Å². The molecule has 0 saturated carbocycles. The second kappa shape index (κ2) is 7.52. The van der Waals surface area contributed by atoms with Crippen LogP contribution in [-0.2, 0) is 31.0 Å². The fourth-order valence-electron chi connectivity index (χ4n) is 1.69. The van der Waals surface area contributed by atoms with Crippen LogP contribution in [0, 0.1) is 0 Å². The molecule has 8 nitrogen and oxygen atoms in total. The van der Waals surface area contributed by atoms with Crippen molar-refractivity contribution in [3.63, 3.8) is 0 Å². The fraction of sp³-hybridized carbons (Fsp3) is 1.00. The number of halogens is 9. The maximum absolute atomic E-state index is 13.9. The predicted molar refractivity (Wildman–Crippen MR) is 74.5 cm³/mol. The third kappa shape index (κ3) is 4.11. The Bertz CT molecular complexity index is 820. The molecule has 1 aliphatic rings. The van der Waals surface area contributed by atoms with Crippen LogP contribution in [0.3, 0.4) is 0 Å². The first kappa shape index (κ1) is 25.3. The SMILES string of the molecule is O=S(NS(=O)(=O)C(F)(F)F)C(F)(F)C(F)(F)C(F)(F)S(=O)(=O)N1CCNCC1. The van der Waals surface area contributed by atoms with E-state index in [4.69, 9.17) is 0 Å². The van der Waals surface area contributed by atoms with Crippen LogP contribution in [0.15, 0.2) is 0 Å². The van der Waals surface area contributed by atoms with Crippen LogP contribution in [0.2, 0.25) is 0 Å². The lowest BCUT2D eigenvalue weighted by molar-refractivity contribution is -0.243. The molecule has 0 aromatic heterocycles. The molecule has 0 aromatic carbocycles. The Kier molecular flexibility index (Phi) is 6.81. The molecule has 28 heavy (non-hydrogen) atoms.